The number of nitrogens with two attached hydrogens (primary N) is 1. The Morgan fingerprint density at radius 1 is 1.14 bits per heavy atom. The second kappa shape index (κ2) is 7.81. The average Bonchev–Trinajstić information content (AvgIpc) is 3.22. The molecule has 0 aliphatic carbocycles. The highest BCUT2D eigenvalue weighted by Gasteiger charge is 2.15. The Hall–Kier alpha value is -3.58. The molecule has 4 aromatic rings. The number of nitrogens with zero attached hydrogens (tertiary/aromatic N) is 1. The van der Waals surface area contributed by atoms with Gasteiger partial charge in [-0.2, -0.15) is 0 Å². The van der Waals surface area contributed by atoms with Crippen LogP contribution in [0.4, 0.5) is 5.82 Å². The number of thioether (sulfide) groups is 1. The van der Waals surface area contributed by atoms with Crippen LogP contribution >= 0.6 is 11.8 Å². The fourth-order valence-electron chi connectivity index (χ4n) is 3.09. The number of furan rings is 1. The molecular weight excluding hydrogens is 384 g/mol. The van der Waals surface area contributed by atoms with Gasteiger partial charge in [-0.3, -0.25) is 10.2 Å². The zero-order chi connectivity index (χ0) is 20.4. The number of rotatable bonds is 5. The standard InChI is InChI=1S/C22H18N4O2S/c1-29-20-11-16(12-28-20)18-10-15(22(27)26-19-4-2-3-7-25-19)8-13-5-6-14(21(23)24)9-17(13)18/h2-12H,1H3,(H3,23,24)(H,25,26,27). The SMILES string of the molecule is CSc1cc(-c2cc(C(=O)Nc3ccccn3)cc3ccc(C(=N)N)cc23)co1. The first-order chi connectivity index (χ1) is 14.0. The number of carbonyl (C=O) groups is 1. The molecule has 1 amide bonds. The van der Waals surface area contributed by atoms with Crippen molar-refractivity contribution in [1.82, 2.24) is 4.98 Å². The van der Waals surface area contributed by atoms with Crippen molar-refractivity contribution in [3.05, 3.63) is 78.2 Å². The maximum absolute atomic E-state index is 12.8. The predicted molar refractivity (Wildman–Crippen MR) is 117 cm³/mol. The Morgan fingerprint density at radius 2 is 2.00 bits per heavy atom. The molecular formula is C22H18N4O2S. The predicted octanol–water partition coefficient (Wildman–Crippen LogP) is 4.75. The van der Waals surface area contributed by atoms with Gasteiger partial charge in [0.1, 0.15) is 11.7 Å². The number of hydrogen-bond donors (Lipinski definition) is 3. The van der Waals surface area contributed by atoms with Crippen molar-refractivity contribution < 1.29 is 9.21 Å². The maximum atomic E-state index is 12.8. The summed E-state index contributed by atoms with van der Waals surface area (Å²) in [7, 11) is 0. The van der Waals surface area contributed by atoms with E-state index in [4.69, 9.17) is 15.6 Å². The summed E-state index contributed by atoms with van der Waals surface area (Å²) in [5.41, 5.74) is 8.49. The lowest BCUT2D eigenvalue weighted by Crippen LogP contribution is -2.13. The molecule has 0 fully saturated rings. The summed E-state index contributed by atoms with van der Waals surface area (Å²) in [5.74, 6) is 0.224. The lowest BCUT2D eigenvalue weighted by molar-refractivity contribution is 0.102. The topological polar surface area (TPSA) is 105 Å². The van der Waals surface area contributed by atoms with Crippen molar-refractivity contribution in [2.24, 2.45) is 5.73 Å². The highest BCUT2D eigenvalue weighted by molar-refractivity contribution is 7.98. The van der Waals surface area contributed by atoms with Gasteiger partial charge in [0.25, 0.3) is 5.91 Å². The average molecular weight is 402 g/mol. The van der Waals surface area contributed by atoms with E-state index in [9.17, 15) is 4.79 Å². The Bertz CT molecular complexity index is 1220. The molecule has 2 heterocycles. The lowest BCUT2D eigenvalue weighted by atomic mass is 9.95. The summed E-state index contributed by atoms with van der Waals surface area (Å²) in [6.45, 7) is 0. The van der Waals surface area contributed by atoms with Gasteiger partial charge >= 0.3 is 0 Å². The van der Waals surface area contributed by atoms with Gasteiger partial charge in [-0.25, -0.2) is 4.98 Å². The van der Waals surface area contributed by atoms with Crippen LogP contribution in [0.5, 0.6) is 0 Å². The van der Waals surface area contributed by atoms with E-state index in [1.807, 2.05) is 42.7 Å². The number of amides is 1. The summed E-state index contributed by atoms with van der Waals surface area (Å²) in [5, 5.41) is 13.1. The van der Waals surface area contributed by atoms with E-state index in [-0.39, 0.29) is 11.7 Å². The Kier molecular flexibility index (Phi) is 5.05. The number of hydrogen-bond acceptors (Lipinski definition) is 5. The van der Waals surface area contributed by atoms with E-state index in [0.717, 1.165) is 27.0 Å². The van der Waals surface area contributed by atoms with Gasteiger partial charge < -0.3 is 15.5 Å². The number of fused-ring (bicyclic) bond motifs is 1. The first-order valence-corrected chi connectivity index (χ1v) is 10.0. The smallest absolute Gasteiger partial charge is 0.256 e. The molecule has 4 N–H and O–H groups in total. The van der Waals surface area contributed by atoms with Crippen molar-refractivity contribution in [2.45, 2.75) is 5.09 Å². The van der Waals surface area contributed by atoms with Gasteiger partial charge in [-0.05, 0) is 59.0 Å². The van der Waals surface area contributed by atoms with E-state index in [0.29, 0.717) is 16.9 Å². The first kappa shape index (κ1) is 18.8. The number of aromatic nitrogens is 1. The summed E-state index contributed by atoms with van der Waals surface area (Å²) < 4.78 is 5.58. The molecule has 0 saturated carbocycles. The van der Waals surface area contributed by atoms with Crippen LogP contribution in [-0.4, -0.2) is 23.0 Å². The molecule has 2 aromatic heterocycles. The number of anilines is 1. The molecule has 6 nitrogen and oxygen atoms in total. The highest BCUT2D eigenvalue weighted by Crippen LogP contribution is 2.34. The molecule has 4 rings (SSSR count). The zero-order valence-corrected chi connectivity index (χ0v) is 16.4. The number of nitrogen functional groups attached to an aromatic ring is 1. The highest BCUT2D eigenvalue weighted by atomic mass is 32.2. The molecule has 0 aliphatic rings. The quantitative estimate of drug-likeness (QED) is 0.254. The monoisotopic (exact) mass is 402 g/mol. The third-order valence-corrected chi connectivity index (χ3v) is 5.14. The van der Waals surface area contributed by atoms with Gasteiger partial charge in [-0.1, -0.05) is 30.0 Å². The minimum Gasteiger partial charge on any atom is -0.458 e. The Balaban J connectivity index is 1.85. The number of carbonyl (C=O) groups excluding carboxylic acids is 1. The molecule has 0 aliphatic heterocycles. The lowest BCUT2D eigenvalue weighted by Gasteiger charge is -2.11. The van der Waals surface area contributed by atoms with Gasteiger partial charge in [0.05, 0.1) is 6.26 Å². The minimum absolute atomic E-state index is 0.00758. The number of benzene rings is 2. The number of nitrogens with one attached hydrogen (secondary N) is 2. The van der Waals surface area contributed by atoms with Crippen LogP contribution in [-0.2, 0) is 0 Å². The summed E-state index contributed by atoms with van der Waals surface area (Å²) in [4.78, 5) is 17.0. The van der Waals surface area contributed by atoms with E-state index < -0.39 is 0 Å². The fourth-order valence-corrected chi connectivity index (χ4v) is 3.47. The van der Waals surface area contributed by atoms with E-state index in [1.165, 1.54) is 11.8 Å². The molecule has 2 aromatic carbocycles. The summed E-state index contributed by atoms with van der Waals surface area (Å²) in [6.07, 6.45) is 5.23. The van der Waals surface area contributed by atoms with Crippen LogP contribution in [0.15, 0.2) is 76.6 Å². The fraction of sp³-hybridized carbons (Fsp3) is 0.0455. The van der Waals surface area contributed by atoms with Crippen LogP contribution < -0.4 is 11.1 Å². The normalized spacial score (nSPS) is 10.8. The van der Waals surface area contributed by atoms with Crippen molar-refractivity contribution in [3.63, 3.8) is 0 Å². The molecule has 0 spiro atoms. The molecule has 0 bridgehead atoms. The van der Waals surface area contributed by atoms with E-state index in [2.05, 4.69) is 10.3 Å². The van der Waals surface area contributed by atoms with Crippen LogP contribution in [0.1, 0.15) is 15.9 Å². The van der Waals surface area contributed by atoms with Crippen molar-refractivity contribution in [2.75, 3.05) is 11.6 Å². The van der Waals surface area contributed by atoms with Crippen molar-refractivity contribution >= 4 is 40.1 Å². The minimum atomic E-state index is -0.254. The molecule has 7 heteroatoms. The first-order valence-electron chi connectivity index (χ1n) is 8.82. The van der Waals surface area contributed by atoms with Gasteiger partial charge in [0.2, 0.25) is 0 Å². The van der Waals surface area contributed by atoms with Crippen LogP contribution in [0.25, 0.3) is 21.9 Å². The number of pyridine rings is 1. The third-order valence-electron chi connectivity index (χ3n) is 4.52. The Morgan fingerprint density at radius 3 is 2.69 bits per heavy atom. The molecule has 29 heavy (non-hydrogen) atoms. The molecule has 0 atom stereocenters. The van der Waals surface area contributed by atoms with Crippen LogP contribution in [0.2, 0.25) is 0 Å². The Labute approximate surface area is 171 Å². The molecule has 0 saturated heterocycles. The van der Waals surface area contributed by atoms with Crippen LogP contribution in [0, 0.1) is 5.41 Å². The second-order valence-corrected chi connectivity index (χ2v) is 7.21. The molecule has 0 unspecified atom stereocenters. The van der Waals surface area contributed by atoms with Crippen molar-refractivity contribution in [1.29, 1.82) is 5.41 Å². The summed E-state index contributed by atoms with van der Waals surface area (Å²) >= 11 is 1.50. The molecule has 0 radical (unpaired) electrons. The van der Waals surface area contributed by atoms with Gasteiger partial charge in [0, 0.05) is 22.9 Å². The maximum Gasteiger partial charge on any atom is 0.256 e. The summed E-state index contributed by atoms with van der Waals surface area (Å²) in [6, 6.07) is 16.4. The largest absolute Gasteiger partial charge is 0.458 e. The zero-order valence-electron chi connectivity index (χ0n) is 15.6. The van der Waals surface area contributed by atoms with Crippen LogP contribution in [0.3, 0.4) is 0 Å². The van der Waals surface area contributed by atoms with Crippen molar-refractivity contribution in [3.8, 4) is 11.1 Å². The van der Waals surface area contributed by atoms with E-state index in [1.54, 1.807) is 30.7 Å². The third kappa shape index (κ3) is 3.86. The number of amidine groups is 1. The van der Waals surface area contributed by atoms with Gasteiger partial charge in [0.15, 0.2) is 5.09 Å². The second-order valence-electron chi connectivity index (χ2n) is 6.40. The van der Waals surface area contributed by atoms with Gasteiger partial charge in [-0.15, -0.1) is 0 Å². The van der Waals surface area contributed by atoms with E-state index >= 15 is 0 Å². The molecule has 144 valence electrons.